The fourth-order valence-electron chi connectivity index (χ4n) is 4.00. The average molecular weight is 730 g/mol. The molecule has 211 valence electrons. The average Bonchev–Trinajstić information content (AvgIpc) is 3.27. The van der Waals surface area contributed by atoms with Crippen LogP contribution in [0.15, 0.2) is 72.8 Å². The van der Waals surface area contributed by atoms with Crippen molar-refractivity contribution in [3.05, 3.63) is 84.4 Å². The molecular weight excluding hydrogens is 693 g/mol. The van der Waals surface area contributed by atoms with E-state index in [0.717, 1.165) is 21.5 Å². The Morgan fingerprint density at radius 1 is 0.900 bits per heavy atom. The van der Waals surface area contributed by atoms with Crippen LogP contribution in [0.3, 0.4) is 0 Å². The first-order valence-corrected chi connectivity index (χ1v) is 14.1. The molecule has 2 aromatic heterocycles. The maximum absolute atomic E-state index is 11.5. The molecule has 0 bridgehead atoms. The Kier molecular flexibility index (Phi) is 9.72. The van der Waals surface area contributed by atoms with Gasteiger partial charge in [-0.2, -0.15) is 0 Å². The van der Waals surface area contributed by atoms with Gasteiger partial charge >= 0.3 is 0 Å². The molecule has 0 aliphatic heterocycles. The Labute approximate surface area is 254 Å². The third kappa shape index (κ3) is 6.86. The van der Waals surface area contributed by atoms with E-state index in [1.54, 1.807) is 17.7 Å². The second-order valence-electron chi connectivity index (χ2n) is 12.2. The van der Waals surface area contributed by atoms with Crippen LogP contribution < -0.4 is 0 Å². The molecule has 1 radical (unpaired) electrons. The first-order valence-electron chi connectivity index (χ1n) is 13.3. The Morgan fingerprint density at radius 2 is 1.60 bits per heavy atom. The third-order valence-electron chi connectivity index (χ3n) is 6.68. The van der Waals surface area contributed by atoms with Crippen molar-refractivity contribution in [3.8, 4) is 11.3 Å². The SMILES string of the molecule is CC(C)(C)C(=O)/C=C(\O)C(C)(C)C.CC(C)c1c[c-]c(-c2ncnc3c2sc2c4ccccc4ccc32)cc1.[Ir]. The number of thiophene rings is 1. The van der Waals surface area contributed by atoms with Crippen molar-refractivity contribution >= 4 is 48.2 Å². The molecule has 1 N–H and O–H groups in total. The van der Waals surface area contributed by atoms with Gasteiger partial charge in [-0.1, -0.05) is 97.7 Å². The van der Waals surface area contributed by atoms with Crippen LogP contribution in [0.5, 0.6) is 0 Å². The van der Waals surface area contributed by atoms with E-state index < -0.39 is 5.41 Å². The second-order valence-corrected chi connectivity index (χ2v) is 13.3. The van der Waals surface area contributed by atoms with E-state index in [1.807, 2.05) is 41.5 Å². The molecular formula is C34H37IrN2O2S-. The third-order valence-corrected chi connectivity index (χ3v) is 7.91. The number of allylic oxidation sites excluding steroid dienone is 2. The maximum Gasteiger partial charge on any atom is 0.164 e. The minimum atomic E-state index is -0.417. The van der Waals surface area contributed by atoms with Gasteiger partial charge in [0.05, 0.1) is 5.52 Å². The number of rotatable bonds is 3. The Balaban J connectivity index is 0.000000272. The molecule has 3 aromatic carbocycles. The van der Waals surface area contributed by atoms with E-state index in [-0.39, 0.29) is 37.1 Å². The van der Waals surface area contributed by atoms with Gasteiger partial charge in [0, 0.05) is 57.5 Å². The molecule has 0 aliphatic rings. The van der Waals surface area contributed by atoms with Gasteiger partial charge in [-0.15, -0.1) is 46.7 Å². The van der Waals surface area contributed by atoms with E-state index in [4.69, 9.17) is 0 Å². The molecule has 40 heavy (non-hydrogen) atoms. The van der Waals surface area contributed by atoms with Gasteiger partial charge in [0.25, 0.3) is 0 Å². The van der Waals surface area contributed by atoms with Crippen molar-refractivity contribution in [3.63, 3.8) is 0 Å². The normalized spacial score (nSPS) is 12.4. The zero-order chi connectivity index (χ0) is 28.5. The van der Waals surface area contributed by atoms with Gasteiger partial charge < -0.3 is 5.11 Å². The number of benzene rings is 3. The Hall–Kier alpha value is -2.92. The van der Waals surface area contributed by atoms with Gasteiger partial charge in [0.15, 0.2) is 5.78 Å². The fourth-order valence-corrected chi connectivity index (χ4v) is 5.29. The predicted molar refractivity (Wildman–Crippen MR) is 165 cm³/mol. The number of hydrogen-bond acceptors (Lipinski definition) is 5. The first-order chi connectivity index (χ1) is 18.3. The molecule has 0 saturated carbocycles. The molecule has 5 rings (SSSR count). The van der Waals surface area contributed by atoms with Gasteiger partial charge in [-0.05, 0) is 10.8 Å². The smallest absolute Gasteiger partial charge is 0.164 e. The number of aliphatic hydroxyl groups excluding tert-OH is 1. The minimum absolute atomic E-state index is 0. The summed E-state index contributed by atoms with van der Waals surface area (Å²) >= 11 is 1.78. The van der Waals surface area contributed by atoms with Crippen LogP contribution in [0, 0.1) is 16.9 Å². The van der Waals surface area contributed by atoms with Crippen LogP contribution >= 0.6 is 11.3 Å². The number of ketones is 1. The summed E-state index contributed by atoms with van der Waals surface area (Å²) in [7, 11) is 0. The van der Waals surface area contributed by atoms with E-state index in [9.17, 15) is 9.90 Å². The van der Waals surface area contributed by atoms with Gasteiger partial charge in [0.2, 0.25) is 0 Å². The van der Waals surface area contributed by atoms with E-state index >= 15 is 0 Å². The molecule has 0 fully saturated rings. The number of aliphatic hydroxyl groups is 1. The molecule has 0 unspecified atom stereocenters. The molecule has 5 aromatic rings. The van der Waals surface area contributed by atoms with Crippen molar-refractivity contribution < 1.29 is 30.0 Å². The summed E-state index contributed by atoms with van der Waals surface area (Å²) in [5.41, 5.74) is 3.55. The van der Waals surface area contributed by atoms with Crippen molar-refractivity contribution in [2.24, 2.45) is 10.8 Å². The Morgan fingerprint density at radius 3 is 2.20 bits per heavy atom. The number of fused-ring (bicyclic) bond motifs is 5. The monoisotopic (exact) mass is 730 g/mol. The number of nitrogens with zero attached hydrogens (tertiary/aromatic N) is 2. The van der Waals surface area contributed by atoms with Crippen LogP contribution in [-0.2, 0) is 24.9 Å². The summed E-state index contributed by atoms with van der Waals surface area (Å²) in [5, 5.41) is 13.3. The van der Waals surface area contributed by atoms with Crippen molar-refractivity contribution in [1.29, 1.82) is 0 Å². The zero-order valence-electron chi connectivity index (χ0n) is 24.4. The molecule has 0 saturated heterocycles. The zero-order valence-corrected chi connectivity index (χ0v) is 27.6. The fraction of sp³-hybridized carbons (Fsp3) is 0.324. The Bertz CT molecular complexity index is 1670. The van der Waals surface area contributed by atoms with Gasteiger partial charge in [-0.25, -0.2) is 4.98 Å². The molecule has 0 amide bonds. The first kappa shape index (κ1) is 31.6. The van der Waals surface area contributed by atoms with E-state index in [2.05, 4.69) is 84.5 Å². The van der Waals surface area contributed by atoms with Crippen LogP contribution in [0.1, 0.15) is 66.9 Å². The van der Waals surface area contributed by atoms with Crippen LogP contribution in [0.25, 0.3) is 42.3 Å². The van der Waals surface area contributed by atoms with E-state index in [1.165, 1.54) is 32.5 Å². The second kappa shape index (κ2) is 12.3. The molecule has 2 heterocycles. The summed E-state index contributed by atoms with van der Waals surface area (Å²) in [6.07, 6.45) is 3.00. The van der Waals surface area contributed by atoms with Crippen molar-refractivity contribution in [2.75, 3.05) is 0 Å². The summed E-state index contributed by atoms with van der Waals surface area (Å²) in [6, 6.07) is 22.7. The largest absolute Gasteiger partial charge is 0.512 e. The summed E-state index contributed by atoms with van der Waals surface area (Å²) in [5.74, 6) is 0.605. The van der Waals surface area contributed by atoms with Crippen molar-refractivity contribution in [1.82, 2.24) is 9.97 Å². The molecule has 0 aliphatic carbocycles. The topological polar surface area (TPSA) is 63.1 Å². The minimum Gasteiger partial charge on any atom is -0.512 e. The van der Waals surface area contributed by atoms with Crippen molar-refractivity contribution in [2.45, 2.75) is 61.3 Å². The molecule has 4 nitrogen and oxygen atoms in total. The molecule has 0 spiro atoms. The molecule has 0 atom stereocenters. The number of aromatic nitrogens is 2. The van der Waals surface area contributed by atoms with Gasteiger partial charge in [0.1, 0.15) is 12.1 Å². The van der Waals surface area contributed by atoms with Gasteiger partial charge in [-0.3, -0.25) is 9.78 Å². The summed E-state index contributed by atoms with van der Waals surface area (Å²) in [4.78, 5) is 20.7. The standard InChI is InChI=1S/C23H17N2S.C11H20O2.Ir/c1-14(2)15-7-9-17(10-8-15)20-23-21(25-13-24-20)19-12-11-16-5-3-4-6-18(16)22(19)26-23;1-10(2,3)8(12)7-9(13)11(4,5)6;/h3-9,11-14H,1-2H3;7,12H,1-6H3;/q-1;;/b;8-7-;. The summed E-state index contributed by atoms with van der Waals surface area (Å²) < 4.78 is 2.41. The predicted octanol–water partition coefficient (Wildman–Crippen LogP) is 9.68. The van der Waals surface area contributed by atoms with Crippen LogP contribution in [-0.4, -0.2) is 20.9 Å². The maximum atomic E-state index is 11.5. The molecule has 6 heteroatoms. The van der Waals surface area contributed by atoms with E-state index in [0.29, 0.717) is 5.92 Å². The quantitative estimate of drug-likeness (QED) is 0.114. The van der Waals surface area contributed by atoms with Crippen LogP contribution in [0.2, 0.25) is 0 Å². The number of carbonyl (C=O) groups is 1. The summed E-state index contributed by atoms with van der Waals surface area (Å²) in [6.45, 7) is 15.5. The number of carbonyl (C=O) groups excluding carboxylic acids is 1. The van der Waals surface area contributed by atoms with Crippen LogP contribution in [0.4, 0.5) is 0 Å². The number of hydrogen-bond donors (Lipinski definition) is 1.